The van der Waals surface area contributed by atoms with E-state index >= 15 is 0 Å². The van der Waals surface area contributed by atoms with Crippen LogP contribution in [0.1, 0.15) is 30.9 Å². The van der Waals surface area contributed by atoms with Gasteiger partial charge in [-0.2, -0.15) is 0 Å². The van der Waals surface area contributed by atoms with Crippen molar-refractivity contribution in [2.75, 3.05) is 25.5 Å². The molecule has 0 amide bonds. The molecule has 0 aliphatic carbocycles. The normalized spacial score (nSPS) is 17.6. The van der Waals surface area contributed by atoms with E-state index in [1.807, 2.05) is 24.3 Å². The third-order valence-corrected chi connectivity index (χ3v) is 5.04. The van der Waals surface area contributed by atoms with Gasteiger partial charge in [0.2, 0.25) is 0 Å². The maximum absolute atomic E-state index is 6.10. The Kier molecular flexibility index (Phi) is 9.05. The Labute approximate surface area is 185 Å². The molecule has 2 aromatic rings. The molecule has 28 heavy (non-hydrogen) atoms. The highest BCUT2D eigenvalue weighted by Crippen LogP contribution is 2.23. The monoisotopic (exact) mass is 494 g/mol. The molecule has 2 aromatic carbocycles. The Bertz CT molecular complexity index is 781. The smallest absolute Gasteiger partial charge is 0.193 e. The highest BCUT2D eigenvalue weighted by molar-refractivity contribution is 14.0. The number of aliphatic imine (C=N–C) groups is 1. The molecule has 0 aromatic heterocycles. The number of hydrogen-bond acceptors (Lipinski definition) is 3. The number of anilines is 1. The van der Waals surface area contributed by atoms with E-state index in [9.17, 15) is 0 Å². The van der Waals surface area contributed by atoms with Crippen molar-refractivity contribution in [3.05, 3.63) is 59.7 Å². The summed E-state index contributed by atoms with van der Waals surface area (Å²) < 4.78 is 5.34. The number of para-hydroxylation sites is 2. The zero-order chi connectivity index (χ0) is 19.1. The van der Waals surface area contributed by atoms with Crippen LogP contribution in [0.15, 0.2) is 53.5 Å². The standard InChI is InChI=1S/C22H30N4O.HI/c1-17-8-7-13-26(15-17)16-19-10-4-3-9-18(19)14-24-22(23)25-20-11-5-6-12-21(20)27-2;/h3-6,9-12,17H,7-8,13-16H2,1-2H3,(H3,23,24,25);1H. The van der Waals surface area contributed by atoms with Gasteiger partial charge < -0.3 is 15.8 Å². The lowest BCUT2D eigenvalue weighted by molar-refractivity contribution is 0.176. The minimum absolute atomic E-state index is 0. The van der Waals surface area contributed by atoms with Gasteiger partial charge in [-0.25, -0.2) is 4.99 Å². The summed E-state index contributed by atoms with van der Waals surface area (Å²) in [5.41, 5.74) is 9.48. The molecular weight excluding hydrogens is 463 g/mol. The molecule has 1 fully saturated rings. The molecule has 6 heteroatoms. The third kappa shape index (κ3) is 6.38. The van der Waals surface area contributed by atoms with Crippen molar-refractivity contribution < 1.29 is 4.74 Å². The van der Waals surface area contributed by atoms with Gasteiger partial charge in [-0.15, -0.1) is 24.0 Å². The number of nitrogens with two attached hydrogens (primary N) is 1. The lowest BCUT2D eigenvalue weighted by Crippen LogP contribution is -2.34. The first-order chi connectivity index (χ1) is 13.2. The summed E-state index contributed by atoms with van der Waals surface area (Å²) in [5.74, 6) is 1.92. The number of likely N-dealkylation sites (tertiary alicyclic amines) is 1. The Hall–Kier alpha value is -1.80. The summed E-state index contributed by atoms with van der Waals surface area (Å²) in [4.78, 5) is 7.09. The summed E-state index contributed by atoms with van der Waals surface area (Å²) in [6, 6.07) is 16.2. The first-order valence-electron chi connectivity index (χ1n) is 9.65. The van der Waals surface area contributed by atoms with Crippen molar-refractivity contribution in [3.63, 3.8) is 0 Å². The van der Waals surface area contributed by atoms with Crippen molar-refractivity contribution in [2.45, 2.75) is 32.9 Å². The van der Waals surface area contributed by atoms with Gasteiger partial charge in [-0.05, 0) is 48.6 Å². The maximum atomic E-state index is 6.10. The topological polar surface area (TPSA) is 62.9 Å². The van der Waals surface area contributed by atoms with E-state index in [0.29, 0.717) is 12.5 Å². The van der Waals surface area contributed by atoms with E-state index in [4.69, 9.17) is 10.5 Å². The number of rotatable bonds is 6. The molecule has 0 radical (unpaired) electrons. The van der Waals surface area contributed by atoms with Crippen molar-refractivity contribution in [2.24, 2.45) is 16.6 Å². The van der Waals surface area contributed by atoms with E-state index in [0.717, 1.165) is 23.9 Å². The Balaban J connectivity index is 0.00000280. The number of piperidine rings is 1. The zero-order valence-corrected chi connectivity index (χ0v) is 19.1. The lowest BCUT2D eigenvalue weighted by atomic mass is 9.99. The lowest BCUT2D eigenvalue weighted by Gasteiger charge is -2.31. The molecule has 152 valence electrons. The van der Waals surface area contributed by atoms with E-state index in [-0.39, 0.29) is 24.0 Å². The minimum atomic E-state index is 0. The molecule has 0 saturated carbocycles. The van der Waals surface area contributed by atoms with Gasteiger partial charge in [0.25, 0.3) is 0 Å². The molecule has 0 bridgehead atoms. The van der Waals surface area contributed by atoms with Gasteiger partial charge in [0, 0.05) is 13.1 Å². The average molecular weight is 494 g/mol. The molecule has 0 spiro atoms. The van der Waals surface area contributed by atoms with Crippen LogP contribution in [0.2, 0.25) is 0 Å². The molecule has 3 N–H and O–H groups in total. The van der Waals surface area contributed by atoms with Gasteiger partial charge >= 0.3 is 0 Å². The van der Waals surface area contributed by atoms with Crippen LogP contribution in [0.25, 0.3) is 0 Å². The van der Waals surface area contributed by atoms with Crippen LogP contribution in [-0.2, 0) is 13.1 Å². The molecule has 1 saturated heterocycles. The van der Waals surface area contributed by atoms with E-state index in [2.05, 4.69) is 46.4 Å². The second-order valence-corrected chi connectivity index (χ2v) is 7.28. The summed E-state index contributed by atoms with van der Waals surface area (Å²) in [6.07, 6.45) is 2.63. The number of benzene rings is 2. The predicted molar refractivity (Wildman–Crippen MR) is 127 cm³/mol. The van der Waals surface area contributed by atoms with Crippen LogP contribution in [0.5, 0.6) is 5.75 Å². The van der Waals surface area contributed by atoms with Crippen LogP contribution in [0.4, 0.5) is 5.69 Å². The SMILES string of the molecule is COc1ccccc1NC(N)=NCc1ccccc1CN1CCCC(C)C1.I. The van der Waals surface area contributed by atoms with Crippen LogP contribution in [0, 0.1) is 5.92 Å². The Morgan fingerprint density at radius 1 is 1.18 bits per heavy atom. The molecule has 1 aliphatic rings. The van der Waals surface area contributed by atoms with Crippen molar-refractivity contribution >= 4 is 35.6 Å². The van der Waals surface area contributed by atoms with Crippen LogP contribution < -0.4 is 15.8 Å². The number of halogens is 1. The molecule has 5 nitrogen and oxygen atoms in total. The molecule has 3 rings (SSSR count). The average Bonchev–Trinajstić information content (AvgIpc) is 2.68. The predicted octanol–water partition coefficient (Wildman–Crippen LogP) is 4.47. The summed E-state index contributed by atoms with van der Waals surface area (Å²) in [7, 11) is 1.64. The van der Waals surface area contributed by atoms with Crippen molar-refractivity contribution in [3.8, 4) is 5.75 Å². The second-order valence-electron chi connectivity index (χ2n) is 7.28. The molecule has 1 heterocycles. The first-order valence-corrected chi connectivity index (χ1v) is 9.65. The summed E-state index contributed by atoms with van der Waals surface area (Å²) in [6.45, 7) is 6.24. The van der Waals surface area contributed by atoms with Crippen molar-refractivity contribution in [1.29, 1.82) is 0 Å². The third-order valence-electron chi connectivity index (χ3n) is 5.04. The summed E-state index contributed by atoms with van der Waals surface area (Å²) in [5, 5.41) is 3.13. The number of ether oxygens (including phenoxy) is 1. The highest BCUT2D eigenvalue weighted by Gasteiger charge is 2.17. The van der Waals surface area contributed by atoms with Crippen LogP contribution in [-0.4, -0.2) is 31.1 Å². The molecule has 1 aliphatic heterocycles. The fourth-order valence-corrected chi connectivity index (χ4v) is 3.63. The minimum Gasteiger partial charge on any atom is -0.495 e. The quantitative estimate of drug-likeness (QED) is 0.354. The second kappa shape index (κ2) is 11.3. The van der Waals surface area contributed by atoms with E-state index in [1.54, 1.807) is 7.11 Å². The fourth-order valence-electron chi connectivity index (χ4n) is 3.63. The van der Waals surface area contributed by atoms with Gasteiger partial charge in [0.1, 0.15) is 5.75 Å². The van der Waals surface area contributed by atoms with Gasteiger partial charge in [0.15, 0.2) is 5.96 Å². The highest BCUT2D eigenvalue weighted by atomic mass is 127. The molecule has 1 atom stereocenters. The largest absolute Gasteiger partial charge is 0.495 e. The van der Waals surface area contributed by atoms with E-state index in [1.165, 1.54) is 37.1 Å². The summed E-state index contributed by atoms with van der Waals surface area (Å²) >= 11 is 0. The Morgan fingerprint density at radius 2 is 1.89 bits per heavy atom. The Morgan fingerprint density at radius 3 is 2.64 bits per heavy atom. The van der Waals surface area contributed by atoms with Crippen LogP contribution >= 0.6 is 24.0 Å². The van der Waals surface area contributed by atoms with Crippen molar-refractivity contribution in [1.82, 2.24) is 4.90 Å². The fraction of sp³-hybridized carbons (Fsp3) is 0.409. The van der Waals surface area contributed by atoms with Gasteiger partial charge in [-0.3, -0.25) is 4.90 Å². The molecule has 1 unspecified atom stereocenters. The first kappa shape index (κ1) is 22.5. The number of hydrogen-bond donors (Lipinski definition) is 2. The van der Waals surface area contributed by atoms with Gasteiger partial charge in [-0.1, -0.05) is 43.3 Å². The van der Waals surface area contributed by atoms with E-state index < -0.39 is 0 Å². The van der Waals surface area contributed by atoms with Crippen LogP contribution in [0.3, 0.4) is 0 Å². The van der Waals surface area contributed by atoms with Gasteiger partial charge in [0.05, 0.1) is 19.3 Å². The number of nitrogens with one attached hydrogen (secondary N) is 1. The maximum Gasteiger partial charge on any atom is 0.193 e. The molecular formula is C22H31IN4O. The number of nitrogens with zero attached hydrogens (tertiary/aromatic N) is 2. The number of methoxy groups -OCH3 is 1. The zero-order valence-electron chi connectivity index (χ0n) is 16.7. The number of guanidine groups is 1.